The van der Waals surface area contributed by atoms with E-state index in [4.69, 9.17) is 0 Å². The highest BCUT2D eigenvalue weighted by molar-refractivity contribution is 5.94. The average molecular weight is 372 g/mol. The molecule has 0 aliphatic carbocycles. The number of carboxylic acids is 1. The number of fused-ring (bicyclic) bond motifs is 1. The van der Waals surface area contributed by atoms with E-state index >= 15 is 0 Å². The van der Waals surface area contributed by atoms with Crippen LogP contribution in [0.2, 0.25) is 0 Å². The Morgan fingerprint density at radius 1 is 1.30 bits per heavy atom. The average Bonchev–Trinajstić information content (AvgIpc) is 3.16. The van der Waals surface area contributed by atoms with Gasteiger partial charge in [0.15, 0.2) is 5.65 Å². The number of aromatic carboxylic acids is 1. The molecule has 0 bridgehead atoms. The maximum absolute atomic E-state index is 14.4. The van der Waals surface area contributed by atoms with E-state index in [9.17, 15) is 18.7 Å². The van der Waals surface area contributed by atoms with Gasteiger partial charge in [0, 0.05) is 17.3 Å². The molecule has 3 heterocycles. The highest BCUT2D eigenvalue weighted by Gasteiger charge is 2.42. The van der Waals surface area contributed by atoms with E-state index in [1.165, 1.54) is 16.8 Å². The van der Waals surface area contributed by atoms with Crippen LogP contribution in [0.4, 0.5) is 14.6 Å². The number of hydrogen-bond donors (Lipinski definition) is 1. The summed E-state index contributed by atoms with van der Waals surface area (Å²) in [5, 5.41) is 13.3. The van der Waals surface area contributed by atoms with Crippen molar-refractivity contribution < 1.29 is 18.7 Å². The van der Waals surface area contributed by atoms with E-state index in [1.54, 1.807) is 12.3 Å². The highest BCUT2D eigenvalue weighted by Crippen LogP contribution is 2.45. The van der Waals surface area contributed by atoms with Gasteiger partial charge in [-0.25, -0.2) is 23.1 Å². The van der Waals surface area contributed by atoms with Crippen LogP contribution >= 0.6 is 0 Å². The van der Waals surface area contributed by atoms with E-state index in [2.05, 4.69) is 10.1 Å². The van der Waals surface area contributed by atoms with Crippen molar-refractivity contribution in [2.75, 3.05) is 4.90 Å². The second kappa shape index (κ2) is 6.00. The lowest BCUT2D eigenvalue weighted by Gasteiger charge is -2.37. The first-order valence-corrected chi connectivity index (χ1v) is 8.60. The van der Waals surface area contributed by atoms with Gasteiger partial charge in [0.25, 0.3) is 0 Å². The van der Waals surface area contributed by atoms with Gasteiger partial charge in [0.1, 0.15) is 23.0 Å². The zero-order valence-corrected chi connectivity index (χ0v) is 14.9. The van der Waals surface area contributed by atoms with Crippen LogP contribution < -0.4 is 4.90 Å². The smallest absolute Gasteiger partial charge is 0.341 e. The number of carboxylic acid groups (broad SMARTS) is 1. The number of halogens is 2. The van der Waals surface area contributed by atoms with Crippen LogP contribution in [0.5, 0.6) is 0 Å². The van der Waals surface area contributed by atoms with Gasteiger partial charge in [0.2, 0.25) is 0 Å². The van der Waals surface area contributed by atoms with Crippen molar-refractivity contribution in [2.24, 2.45) is 0 Å². The van der Waals surface area contributed by atoms with Gasteiger partial charge >= 0.3 is 5.97 Å². The standard InChI is InChI=1S/C19H18F2N4O2/c1-19(2)7-5-15(12-9-11(20)3-4-14(12)21)25(19)16-6-8-24-17(23-16)13(10-22-24)18(26)27/h3-4,6,8-10,15H,5,7H2,1-2H3,(H,26,27)/t15-/m1/s1. The molecule has 1 fully saturated rings. The van der Waals surface area contributed by atoms with Crippen molar-refractivity contribution in [1.82, 2.24) is 14.6 Å². The molecule has 27 heavy (non-hydrogen) atoms. The van der Waals surface area contributed by atoms with Crippen molar-refractivity contribution in [3.8, 4) is 0 Å². The molecule has 6 nitrogen and oxygen atoms in total. The molecule has 1 saturated heterocycles. The molecule has 0 amide bonds. The van der Waals surface area contributed by atoms with E-state index in [-0.39, 0.29) is 22.3 Å². The lowest BCUT2D eigenvalue weighted by Crippen LogP contribution is -2.40. The molecule has 1 atom stereocenters. The zero-order valence-electron chi connectivity index (χ0n) is 14.9. The van der Waals surface area contributed by atoms with E-state index in [1.807, 2.05) is 18.7 Å². The minimum Gasteiger partial charge on any atom is -0.477 e. The number of hydrogen-bond acceptors (Lipinski definition) is 4. The van der Waals surface area contributed by atoms with Crippen molar-refractivity contribution >= 4 is 17.4 Å². The minimum absolute atomic E-state index is 0.0117. The summed E-state index contributed by atoms with van der Waals surface area (Å²) in [5.41, 5.74) is 0.107. The zero-order chi connectivity index (χ0) is 19.3. The van der Waals surface area contributed by atoms with Crippen LogP contribution in [0.1, 0.15) is 48.7 Å². The quantitative estimate of drug-likeness (QED) is 0.757. The predicted octanol–water partition coefficient (Wildman–Crippen LogP) is 3.83. The first-order chi connectivity index (χ1) is 12.8. The number of rotatable bonds is 3. The lowest BCUT2D eigenvalue weighted by atomic mass is 10.0. The Kier molecular flexibility index (Phi) is 3.87. The van der Waals surface area contributed by atoms with Crippen LogP contribution in [-0.4, -0.2) is 31.2 Å². The summed E-state index contributed by atoms with van der Waals surface area (Å²) in [6.45, 7) is 4.01. The molecule has 1 N–H and O–H groups in total. The molecule has 0 unspecified atom stereocenters. The molecule has 4 rings (SSSR count). The predicted molar refractivity (Wildman–Crippen MR) is 94.8 cm³/mol. The van der Waals surface area contributed by atoms with Crippen molar-refractivity contribution in [2.45, 2.75) is 38.3 Å². The van der Waals surface area contributed by atoms with Crippen LogP contribution in [0, 0.1) is 11.6 Å². The summed E-state index contributed by atoms with van der Waals surface area (Å²) in [6, 6.07) is 4.75. The number of benzene rings is 1. The van der Waals surface area contributed by atoms with Crippen LogP contribution in [0.3, 0.4) is 0 Å². The second-order valence-corrected chi connectivity index (χ2v) is 7.32. The molecule has 140 valence electrons. The van der Waals surface area contributed by atoms with Crippen LogP contribution in [0.25, 0.3) is 5.65 Å². The van der Waals surface area contributed by atoms with Gasteiger partial charge in [-0.3, -0.25) is 0 Å². The molecule has 1 aliphatic rings. The summed E-state index contributed by atoms with van der Waals surface area (Å²) >= 11 is 0. The van der Waals surface area contributed by atoms with Crippen LogP contribution in [-0.2, 0) is 0 Å². The maximum Gasteiger partial charge on any atom is 0.341 e. The Labute approximate surface area is 154 Å². The maximum atomic E-state index is 14.4. The third-order valence-electron chi connectivity index (χ3n) is 5.14. The van der Waals surface area contributed by atoms with Crippen molar-refractivity contribution in [3.63, 3.8) is 0 Å². The largest absolute Gasteiger partial charge is 0.477 e. The Balaban J connectivity index is 1.86. The van der Waals surface area contributed by atoms with Gasteiger partial charge in [-0.2, -0.15) is 5.10 Å². The van der Waals surface area contributed by atoms with E-state index in [0.29, 0.717) is 12.2 Å². The molecule has 3 aromatic rings. The molecular weight excluding hydrogens is 354 g/mol. The van der Waals surface area contributed by atoms with Gasteiger partial charge < -0.3 is 10.0 Å². The van der Waals surface area contributed by atoms with E-state index < -0.39 is 23.6 Å². The van der Waals surface area contributed by atoms with Gasteiger partial charge in [-0.15, -0.1) is 0 Å². The molecule has 0 saturated carbocycles. The summed E-state index contributed by atoms with van der Waals surface area (Å²) in [6.07, 6.45) is 4.25. The Bertz CT molecular complexity index is 1050. The highest BCUT2D eigenvalue weighted by atomic mass is 19.1. The second-order valence-electron chi connectivity index (χ2n) is 7.32. The monoisotopic (exact) mass is 372 g/mol. The number of aromatic nitrogens is 3. The third-order valence-corrected chi connectivity index (χ3v) is 5.14. The topological polar surface area (TPSA) is 70.7 Å². The Morgan fingerprint density at radius 2 is 2.07 bits per heavy atom. The SMILES string of the molecule is CC1(C)CC[C@H](c2cc(F)ccc2F)N1c1ccn2ncc(C(=O)O)c2n1. The fraction of sp³-hybridized carbons (Fsp3) is 0.316. The summed E-state index contributed by atoms with van der Waals surface area (Å²) in [7, 11) is 0. The van der Waals surface area contributed by atoms with Crippen molar-refractivity contribution in [1.29, 1.82) is 0 Å². The molecule has 2 aromatic heterocycles. The fourth-order valence-electron chi connectivity index (χ4n) is 3.84. The van der Waals surface area contributed by atoms with Gasteiger partial charge in [-0.05, 0) is 51.0 Å². The molecule has 0 spiro atoms. The first-order valence-electron chi connectivity index (χ1n) is 8.60. The normalized spacial score (nSPS) is 19.0. The number of anilines is 1. The molecule has 1 aromatic carbocycles. The minimum atomic E-state index is -1.12. The Morgan fingerprint density at radius 3 is 2.81 bits per heavy atom. The number of nitrogens with zero attached hydrogens (tertiary/aromatic N) is 4. The molecule has 0 radical (unpaired) electrons. The fourth-order valence-corrected chi connectivity index (χ4v) is 3.84. The summed E-state index contributed by atoms with van der Waals surface area (Å²) < 4.78 is 29.6. The number of carbonyl (C=O) groups is 1. The van der Waals surface area contributed by atoms with Crippen LogP contribution in [0.15, 0.2) is 36.7 Å². The third kappa shape index (κ3) is 2.81. The van der Waals surface area contributed by atoms with E-state index in [0.717, 1.165) is 18.6 Å². The van der Waals surface area contributed by atoms with Gasteiger partial charge in [0.05, 0.1) is 12.2 Å². The van der Waals surface area contributed by atoms with Gasteiger partial charge in [-0.1, -0.05) is 0 Å². The lowest BCUT2D eigenvalue weighted by molar-refractivity contribution is 0.0698. The van der Waals surface area contributed by atoms with Crippen molar-refractivity contribution in [3.05, 3.63) is 59.4 Å². The first kappa shape index (κ1) is 17.4. The Hall–Kier alpha value is -3.03. The summed E-state index contributed by atoms with van der Waals surface area (Å²) in [5.74, 6) is -1.59. The molecule has 8 heteroatoms. The summed E-state index contributed by atoms with van der Waals surface area (Å²) in [4.78, 5) is 17.8. The molecule has 1 aliphatic heterocycles. The molecular formula is C19H18F2N4O2.